The monoisotopic (exact) mass is 466 g/mol. The zero-order chi connectivity index (χ0) is 24.0. The zero-order valence-electron chi connectivity index (χ0n) is 19.6. The van der Waals surface area contributed by atoms with Gasteiger partial charge in [0.2, 0.25) is 0 Å². The predicted molar refractivity (Wildman–Crippen MR) is 126 cm³/mol. The average molecular weight is 467 g/mol. The minimum absolute atomic E-state index is 0.263. The molecule has 1 amide bonds. The van der Waals surface area contributed by atoms with Crippen molar-refractivity contribution in [2.75, 3.05) is 43.0 Å². The lowest BCUT2D eigenvalue weighted by Crippen LogP contribution is -2.44. The Morgan fingerprint density at radius 2 is 1.85 bits per heavy atom. The molecular formula is C25H28F2N6O. The summed E-state index contributed by atoms with van der Waals surface area (Å²) in [6.45, 7) is 7.85. The predicted octanol–water partition coefficient (Wildman–Crippen LogP) is 3.78. The van der Waals surface area contributed by atoms with Crippen LogP contribution in [0.3, 0.4) is 0 Å². The maximum absolute atomic E-state index is 14.2. The summed E-state index contributed by atoms with van der Waals surface area (Å²) in [6.07, 6.45) is 2.34. The van der Waals surface area contributed by atoms with E-state index in [0.717, 1.165) is 49.8 Å². The van der Waals surface area contributed by atoms with E-state index in [9.17, 15) is 13.6 Å². The van der Waals surface area contributed by atoms with Crippen LogP contribution >= 0.6 is 0 Å². The lowest BCUT2D eigenvalue weighted by molar-refractivity contribution is 0.0988. The van der Waals surface area contributed by atoms with Gasteiger partial charge in [0.25, 0.3) is 5.91 Å². The van der Waals surface area contributed by atoms with E-state index in [1.54, 1.807) is 11.1 Å². The number of hydrogen-bond acceptors (Lipinski definition) is 5. The molecule has 2 aromatic heterocycles. The lowest BCUT2D eigenvalue weighted by Gasteiger charge is -2.33. The summed E-state index contributed by atoms with van der Waals surface area (Å²) in [4.78, 5) is 24.2. The van der Waals surface area contributed by atoms with Crippen molar-refractivity contribution in [3.05, 3.63) is 70.7 Å². The van der Waals surface area contributed by atoms with Gasteiger partial charge in [-0.25, -0.2) is 13.8 Å². The number of rotatable bonds is 5. The fraction of sp³-hybridized carbons (Fsp3) is 0.400. The van der Waals surface area contributed by atoms with Crippen molar-refractivity contribution in [3.63, 3.8) is 0 Å². The zero-order valence-corrected chi connectivity index (χ0v) is 19.6. The molecular weight excluding hydrogens is 438 g/mol. The van der Waals surface area contributed by atoms with Crippen LogP contribution < -0.4 is 9.80 Å². The normalized spacial score (nSPS) is 18.8. The first-order valence-electron chi connectivity index (χ1n) is 11.6. The van der Waals surface area contributed by atoms with Gasteiger partial charge in [0.05, 0.1) is 23.6 Å². The first kappa shape index (κ1) is 22.5. The van der Waals surface area contributed by atoms with Crippen LogP contribution in [0.4, 0.5) is 20.3 Å². The van der Waals surface area contributed by atoms with Crippen molar-refractivity contribution < 1.29 is 13.6 Å². The highest BCUT2D eigenvalue weighted by atomic mass is 19.2. The molecule has 7 nitrogen and oxygen atoms in total. The van der Waals surface area contributed by atoms with E-state index in [2.05, 4.69) is 45.9 Å². The average Bonchev–Trinajstić information content (AvgIpc) is 3.35. The van der Waals surface area contributed by atoms with Crippen LogP contribution in [-0.2, 0) is 6.42 Å². The van der Waals surface area contributed by atoms with Crippen LogP contribution in [0.25, 0.3) is 0 Å². The number of H-pyrrole nitrogens is 1. The van der Waals surface area contributed by atoms with Gasteiger partial charge in [0.15, 0.2) is 11.6 Å². The molecule has 2 aliphatic heterocycles. The molecule has 1 unspecified atom stereocenters. The highest BCUT2D eigenvalue weighted by Gasteiger charge is 2.43. The highest BCUT2D eigenvalue weighted by molar-refractivity contribution is 6.10. The quantitative estimate of drug-likeness (QED) is 0.620. The summed E-state index contributed by atoms with van der Waals surface area (Å²) in [5, 5.41) is 7.28. The number of pyridine rings is 1. The van der Waals surface area contributed by atoms with Crippen LogP contribution in [-0.4, -0.2) is 59.2 Å². The molecule has 3 aromatic rings. The van der Waals surface area contributed by atoms with E-state index in [4.69, 9.17) is 0 Å². The van der Waals surface area contributed by atoms with E-state index >= 15 is 0 Å². The molecule has 0 spiro atoms. The molecule has 1 saturated heterocycles. The van der Waals surface area contributed by atoms with Gasteiger partial charge >= 0.3 is 0 Å². The first-order chi connectivity index (χ1) is 16.3. The van der Waals surface area contributed by atoms with Crippen molar-refractivity contribution in [1.29, 1.82) is 0 Å². The topological polar surface area (TPSA) is 68.4 Å². The molecule has 1 aromatic carbocycles. The SMILES string of the molecule is CC(C)Cc1n[nH]c2c1C(c1ccc(F)c(F)c1)N(c1ccc(N3CCN(C)CC3)nc1)C2=O. The molecule has 1 atom stereocenters. The number of benzene rings is 1. The number of halogens is 2. The van der Waals surface area contributed by atoms with Gasteiger partial charge in [0.1, 0.15) is 11.5 Å². The second kappa shape index (κ2) is 8.79. The Labute approximate surface area is 197 Å². The number of aromatic amines is 1. The molecule has 0 aliphatic carbocycles. The Bertz CT molecular complexity index is 1200. The van der Waals surface area contributed by atoms with Crippen molar-refractivity contribution in [2.24, 2.45) is 5.92 Å². The number of fused-ring (bicyclic) bond motifs is 1. The lowest BCUT2D eigenvalue weighted by atomic mass is 9.95. The number of carbonyl (C=O) groups is 1. The summed E-state index contributed by atoms with van der Waals surface area (Å²) in [5.74, 6) is -0.968. The van der Waals surface area contributed by atoms with Gasteiger partial charge in [-0.2, -0.15) is 5.10 Å². The minimum atomic E-state index is -0.948. The number of piperazine rings is 1. The van der Waals surface area contributed by atoms with E-state index in [-0.39, 0.29) is 5.91 Å². The van der Waals surface area contributed by atoms with E-state index < -0.39 is 17.7 Å². The number of likely N-dealkylation sites (N-methyl/N-ethyl adjacent to an activating group) is 1. The Balaban J connectivity index is 1.54. The van der Waals surface area contributed by atoms with E-state index in [1.165, 1.54) is 6.07 Å². The number of aromatic nitrogens is 3. The third-order valence-corrected chi connectivity index (χ3v) is 6.55. The van der Waals surface area contributed by atoms with Crippen LogP contribution in [0.5, 0.6) is 0 Å². The molecule has 2 aliphatic rings. The van der Waals surface area contributed by atoms with Crippen molar-refractivity contribution in [3.8, 4) is 0 Å². The second-order valence-corrected chi connectivity index (χ2v) is 9.47. The summed E-state index contributed by atoms with van der Waals surface area (Å²) in [6, 6.07) is 6.94. The van der Waals surface area contributed by atoms with Crippen molar-refractivity contribution >= 4 is 17.4 Å². The molecule has 0 saturated carbocycles. The fourth-order valence-electron chi connectivity index (χ4n) is 4.76. The van der Waals surface area contributed by atoms with Crippen molar-refractivity contribution in [1.82, 2.24) is 20.1 Å². The maximum atomic E-state index is 14.2. The van der Waals surface area contributed by atoms with Gasteiger partial charge in [0, 0.05) is 31.7 Å². The Morgan fingerprint density at radius 3 is 2.50 bits per heavy atom. The molecule has 0 radical (unpaired) electrons. The van der Waals surface area contributed by atoms with Gasteiger partial charge in [-0.15, -0.1) is 0 Å². The van der Waals surface area contributed by atoms with Gasteiger partial charge < -0.3 is 9.80 Å². The van der Waals surface area contributed by atoms with Crippen LogP contribution in [0.15, 0.2) is 36.5 Å². The first-order valence-corrected chi connectivity index (χ1v) is 11.6. The van der Waals surface area contributed by atoms with Gasteiger partial charge in [-0.1, -0.05) is 19.9 Å². The largest absolute Gasteiger partial charge is 0.354 e. The number of hydrogen-bond donors (Lipinski definition) is 1. The molecule has 34 heavy (non-hydrogen) atoms. The summed E-state index contributed by atoms with van der Waals surface area (Å²) < 4.78 is 28.0. The third-order valence-electron chi connectivity index (χ3n) is 6.55. The van der Waals surface area contributed by atoms with Crippen LogP contribution in [0.2, 0.25) is 0 Å². The Morgan fingerprint density at radius 1 is 1.09 bits per heavy atom. The number of anilines is 2. The number of nitrogens with zero attached hydrogens (tertiary/aromatic N) is 5. The Kier molecular flexibility index (Phi) is 5.81. The summed E-state index contributed by atoms with van der Waals surface area (Å²) in [7, 11) is 2.10. The van der Waals surface area contributed by atoms with E-state index in [0.29, 0.717) is 34.8 Å². The van der Waals surface area contributed by atoms with Crippen LogP contribution in [0.1, 0.15) is 47.2 Å². The molecule has 178 valence electrons. The molecule has 9 heteroatoms. The maximum Gasteiger partial charge on any atom is 0.277 e. The highest BCUT2D eigenvalue weighted by Crippen LogP contribution is 2.43. The Hall–Kier alpha value is -3.33. The summed E-state index contributed by atoms with van der Waals surface area (Å²) in [5.41, 5.74) is 2.94. The van der Waals surface area contributed by atoms with Gasteiger partial charge in [-0.05, 0) is 49.2 Å². The second-order valence-electron chi connectivity index (χ2n) is 9.47. The molecule has 0 bridgehead atoms. The van der Waals surface area contributed by atoms with Crippen LogP contribution in [0, 0.1) is 17.6 Å². The molecule has 1 fully saturated rings. The minimum Gasteiger partial charge on any atom is -0.354 e. The third kappa shape index (κ3) is 3.94. The molecule has 5 rings (SSSR count). The van der Waals surface area contributed by atoms with E-state index in [1.807, 2.05) is 12.1 Å². The standard InChI is InChI=1S/C25H28F2N6O/c1-15(2)12-20-22-23(30-29-20)25(34)33(24(22)16-4-6-18(26)19(27)13-16)17-5-7-21(28-14-17)32-10-8-31(3)9-11-32/h4-7,13-15,24H,8-12H2,1-3H3,(H,29,30). The number of nitrogens with one attached hydrogen (secondary N) is 1. The smallest absolute Gasteiger partial charge is 0.277 e. The number of amides is 1. The fourth-order valence-corrected chi connectivity index (χ4v) is 4.76. The number of carbonyl (C=O) groups excluding carboxylic acids is 1. The van der Waals surface area contributed by atoms with Crippen molar-refractivity contribution in [2.45, 2.75) is 26.3 Å². The summed E-state index contributed by atoms with van der Waals surface area (Å²) >= 11 is 0. The molecule has 1 N–H and O–H groups in total. The van der Waals surface area contributed by atoms with Gasteiger partial charge in [-0.3, -0.25) is 14.8 Å². The molecule has 4 heterocycles.